The Hall–Kier alpha value is -3.17. The van der Waals surface area contributed by atoms with Gasteiger partial charge in [0.1, 0.15) is 18.8 Å². The van der Waals surface area contributed by atoms with E-state index >= 15 is 0 Å². The second-order valence-corrected chi connectivity index (χ2v) is 5.46. The number of nitrogens with one attached hydrogen (secondary N) is 1. The molecule has 0 saturated carbocycles. The van der Waals surface area contributed by atoms with E-state index in [2.05, 4.69) is 5.32 Å². The van der Waals surface area contributed by atoms with Crippen LogP contribution in [0, 0.1) is 10.1 Å². The van der Waals surface area contributed by atoms with Crippen molar-refractivity contribution < 1.29 is 29.8 Å². The molecule has 2 unspecified atom stereocenters. The fourth-order valence-electron chi connectivity index (χ4n) is 2.17. The molecule has 2 atom stereocenters. The second kappa shape index (κ2) is 8.79. The summed E-state index contributed by atoms with van der Waals surface area (Å²) in [7, 11) is 0. The molecular weight excluding hydrogens is 344 g/mol. The van der Waals surface area contributed by atoms with Gasteiger partial charge < -0.3 is 25.4 Å². The van der Waals surface area contributed by atoms with Gasteiger partial charge in [-0.3, -0.25) is 10.1 Å². The third-order valence-electron chi connectivity index (χ3n) is 3.57. The molecule has 4 N–H and O–H groups in total. The molecule has 0 heterocycles. The maximum atomic E-state index is 11.6. The number of phenolic OH excluding ortho intramolecular Hbond substituents is 1. The zero-order valence-corrected chi connectivity index (χ0v) is 13.6. The van der Waals surface area contributed by atoms with Crippen molar-refractivity contribution in [1.82, 2.24) is 5.32 Å². The molecule has 2 rings (SSSR count). The molecule has 9 heteroatoms. The standard InChI is InChI=1S/C17H18N2O7/c20-14-8-12(6-7-13(14)19(24)25)16(22)15(21)9-18-17(23)26-10-11-4-2-1-3-5-11/h1-8,15-16,20-22H,9-10H2,(H,18,23). The number of benzene rings is 2. The van der Waals surface area contributed by atoms with E-state index in [1.165, 1.54) is 6.07 Å². The lowest BCUT2D eigenvalue weighted by Crippen LogP contribution is -2.35. The third kappa shape index (κ3) is 5.16. The number of carbonyl (C=O) groups is 1. The smallest absolute Gasteiger partial charge is 0.407 e. The minimum atomic E-state index is -1.46. The van der Waals surface area contributed by atoms with Gasteiger partial charge in [0.05, 0.1) is 4.92 Å². The Bertz CT molecular complexity index is 767. The molecule has 0 spiro atoms. The third-order valence-corrected chi connectivity index (χ3v) is 3.57. The van der Waals surface area contributed by atoms with E-state index in [1.807, 2.05) is 6.07 Å². The van der Waals surface area contributed by atoms with Gasteiger partial charge in [0.15, 0.2) is 5.75 Å². The molecule has 0 radical (unpaired) electrons. The Labute approximate surface area is 148 Å². The first-order valence-corrected chi connectivity index (χ1v) is 7.66. The zero-order valence-electron chi connectivity index (χ0n) is 13.6. The summed E-state index contributed by atoms with van der Waals surface area (Å²) in [6.07, 6.45) is -3.64. The molecule has 138 valence electrons. The Morgan fingerprint density at radius 2 is 1.88 bits per heavy atom. The minimum absolute atomic E-state index is 0.0571. The topological polar surface area (TPSA) is 142 Å². The molecule has 2 aromatic rings. The van der Waals surface area contributed by atoms with Gasteiger partial charge in [0.2, 0.25) is 0 Å². The van der Waals surface area contributed by atoms with Crippen molar-refractivity contribution in [3.63, 3.8) is 0 Å². The Kier molecular flexibility index (Phi) is 6.48. The van der Waals surface area contributed by atoms with E-state index in [0.29, 0.717) is 0 Å². The number of hydrogen-bond acceptors (Lipinski definition) is 7. The number of aliphatic hydroxyl groups is 2. The Morgan fingerprint density at radius 1 is 1.19 bits per heavy atom. The van der Waals surface area contributed by atoms with Crippen LogP contribution in [0.15, 0.2) is 48.5 Å². The van der Waals surface area contributed by atoms with Crippen LogP contribution in [-0.4, -0.2) is 39.0 Å². The van der Waals surface area contributed by atoms with Crippen LogP contribution in [0.3, 0.4) is 0 Å². The number of aliphatic hydroxyl groups excluding tert-OH is 2. The molecule has 26 heavy (non-hydrogen) atoms. The molecule has 0 aliphatic carbocycles. The van der Waals surface area contributed by atoms with Gasteiger partial charge in [-0.05, 0) is 23.3 Å². The lowest BCUT2D eigenvalue weighted by atomic mass is 10.0. The van der Waals surface area contributed by atoms with Crippen LogP contribution >= 0.6 is 0 Å². The number of ether oxygens (including phenoxy) is 1. The first-order valence-electron chi connectivity index (χ1n) is 7.66. The highest BCUT2D eigenvalue weighted by Crippen LogP contribution is 2.29. The van der Waals surface area contributed by atoms with Gasteiger partial charge in [-0.2, -0.15) is 0 Å². The van der Waals surface area contributed by atoms with Crippen LogP contribution in [0.2, 0.25) is 0 Å². The maximum absolute atomic E-state index is 11.6. The number of amides is 1. The highest BCUT2D eigenvalue weighted by molar-refractivity contribution is 5.67. The summed E-state index contributed by atoms with van der Waals surface area (Å²) >= 11 is 0. The van der Waals surface area contributed by atoms with Gasteiger partial charge in [-0.1, -0.05) is 30.3 Å². The summed E-state index contributed by atoms with van der Waals surface area (Å²) in [4.78, 5) is 21.5. The summed E-state index contributed by atoms with van der Waals surface area (Å²) in [5, 5.41) is 42.5. The summed E-state index contributed by atoms with van der Waals surface area (Å²) < 4.78 is 4.97. The summed E-state index contributed by atoms with van der Waals surface area (Å²) in [6, 6.07) is 12.2. The van der Waals surface area contributed by atoms with E-state index in [-0.39, 0.29) is 18.7 Å². The van der Waals surface area contributed by atoms with Crippen LogP contribution in [0.1, 0.15) is 17.2 Å². The van der Waals surface area contributed by atoms with Crippen LogP contribution in [0.4, 0.5) is 10.5 Å². The predicted octanol–water partition coefficient (Wildman–Crippen LogP) is 1.62. The van der Waals surface area contributed by atoms with Crippen LogP contribution in [-0.2, 0) is 11.3 Å². The van der Waals surface area contributed by atoms with Crippen molar-refractivity contribution in [3.05, 3.63) is 69.8 Å². The zero-order chi connectivity index (χ0) is 19.1. The molecule has 2 aromatic carbocycles. The number of phenols is 1. The number of alkyl carbamates (subject to hydrolysis) is 1. The number of hydrogen-bond donors (Lipinski definition) is 4. The van der Waals surface area contributed by atoms with E-state index in [1.54, 1.807) is 24.3 Å². The van der Waals surface area contributed by atoms with E-state index < -0.39 is 34.7 Å². The number of carbonyl (C=O) groups excluding carboxylic acids is 1. The summed E-state index contributed by atoms with van der Waals surface area (Å²) in [5.74, 6) is -0.631. The van der Waals surface area contributed by atoms with Crippen molar-refractivity contribution in [3.8, 4) is 5.75 Å². The maximum Gasteiger partial charge on any atom is 0.407 e. The molecule has 9 nitrogen and oxygen atoms in total. The summed E-state index contributed by atoms with van der Waals surface area (Å²) in [6.45, 7) is -0.256. The molecule has 0 aliphatic heterocycles. The number of rotatable bonds is 7. The average molecular weight is 362 g/mol. The quantitative estimate of drug-likeness (QED) is 0.433. The molecule has 0 saturated heterocycles. The average Bonchev–Trinajstić information content (AvgIpc) is 2.64. The normalized spacial score (nSPS) is 12.8. The minimum Gasteiger partial charge on any atom is -0.502 e. The van der Waals surface area contributed by atoms with Crippen molar-refractivity contribution >= 4 is 11.8 Å². The van der Waals surface area contributed by atoms with Gasteiger partial charge >= 0.3 is 11.8 Å². The second-order valence-electron chi connectivity index (χ2n) is 5.46. The first-order chi connectivity index (χ1) is 12.4. The van der Waals surface area contributed by atoms with Crippen LogP contribution in [0.5, 0.6) is 5.75 Å². The van der Waals surface area contributed by atoms with Gasteiger partial charge in [0, 0.05) is 12.6 Å². The number of aromatic hydroxyl groups is 1. The molecule has 0 aliphatic rings. The summed E-state index contributed by atoms with van der Waals surface area (Å²) in [5.41, 5.74) is 0.350. The van der Waals surface area contributed by atoms with Crippen molar-refractivity contribution in [2.24, 2.45) is 0 Å². The van der Waals surface area contributed by atoms with Crippen molar-refractivity contribution in [1.29, 1.82) is 0 Å². The van der Waals surface area contributed by atoms with Crippen LogP contribution < -0.4 is 5.32 Å². The fraction of sp³-hybridized carbons (Fsp3) is 0.235. The molecule has 0 aromatic heterocycles. The molecule has 0 fully saturated rings. The fourth-order valence-corrected chi connectivity index (χ4v) is 2.17. The molecule has 1 amide bonds. The SMILES string of the molecule is O=C(NCC(O)C(O)c1ccc([N+](=O)[O-])c(O)c1)OCc1ccccc1. The number of nitro groups is 1. The van der Waals surface area contributed by atoms with E-state index in [0.717, 1.165) is 17.7 Å². The number of nitrogens with zero attached hydrogens (tertiary/aromatic N) is 1. The van der Waals surface area contributed by atoms with Crippen LogP contribution in [0.25, 0.3) is 0 Å². The van der Waals surface area contributed by atoms with E-state index in [4.69, 9.17) is 4.74 Å². The monoisotopic (exact) mass is 362 g/mol. The largest absolute Gasteiger partial charge is 0.502 e. The first kappa shape index (κ1) is 19.2. The van der Waals surface area contributed by atoms with Gasteiger partial charge in [-0.15, -0.1) is 0 Å². The van der Waals surface area contributed by atoms with Gasteiger partial charge in [0.25, 0.3) is 0 Å². The van der Waals surface area contributed by atoms with E-state index in [9.17, 15) is 30.2 Å². The molecule has 0 bridgehead atoms. The Balaban J connectivity index is 1.84. The lowest BCUT2D eigenvalue weighted by Gasteiger charge is -2.18. The van der Waals surface area contributed by atoms with Gasteiger partial charge in [-0.25, -0.2) is 4.79 Å². The highest BCUT2D eigenvalue weighted by Gasteiger charge is 2.22. The van der Waals surface area contributed by atoms with Crippen molar-refractivity contribution in [2.45, 2.75) is 18.8 Å². The number of nitro benzene ring substituents is 1. The Morgan fingerprint density at radius 3 is 2.50 bits per heavy atom. The highest BCUT2D eigenvalue weighted by atomic mass is 16.6. The van der Waals surface area contributed by atoms with Crippen molar-refractivity contribution in [2.75, 3.05) is 6.54 Å². The lowest BCUT2D eigenvalue weighted by molar-refractivity contribution is -0.385. The predicted molar refractivity (Wildman–Crippen MR) is 90.4 cm³/mol. The molecular formula is C17H18N2O7.